The summed E-state index contributed by atoms with van der Waals surface area (Å²) in [6, 6.07) is 16.8. The Hall–Kier alpha value is -2.46. The van der Waals surface area contributed by atoms with Gasteiger partial charge in [-0.15, -0.1) is 0 Å². The third kappa shape index (κ3) is 1.78. The van der Waals surface area contributed by atoms with Crippen LogP contribution in [0.25, 0.3) is 10.9 Å². The van der Waals surface area contributed by atoms with E-state index in [-0.39, 0.29) is 0 Å². The van der Waals surface area contributed by atoms with Crippen LogP contribution < -0.4 is 5.06 Å². The highest BCUT2D eigenvalue weighted by molar-refractivity contribution is 5.90. The molecule has 3 aromatic rings. The van der Waals surface area contributed by atoms with Crippen molar-refractivity contribution in [2.45, 2.75) is 0 Å². The number of aromatic nitrogens is 2. The average Bonchev–Trinajstić information content (AvgIpc) is 2.47. The fraction of sp³-hybridized carbons (Fsp3) is 0. The van der Waals surface area contributed by atoms with E-state index in [1.165, 1.54) is 6.33 Å². The van der Waals surface area contributed by atoms with Gasteiger partial charge < -0.3 is 0 Å². The first-order chi connectivity index (χ1) is 8.86. The van der Waals surface area contributed by atoms with Crippen molar-refractivity contribution in [3.8, 4) is 0 Å². The lowest BCUT2D eigenvalue weighted by atomic mass is 10.2. The van der Waals surface area contributed by atoms with E-state index in [2.05, 4.69) is 9.97 Å². The molecule has 1 heterocycles. The van der Waals surface area contributed by atoms with Crippen LogP contribution in [0, 0.1) is 0 Å². The molecule has 0 atom stereocenters. The van der Waals surface area contributed by atoms with E-state index in [1.807, 2.05) is 54.6 Å². The van der Waals surface area contributed by atoms with Gasteiger partial charge in [0, 0.05) is 5.39 Å². The summed E-state index contributed by atoms with van der Waals surface area (Å²) in [5.74, 6) is 0.479. The lowest BCUT2D eigenvalue weighted by molar-refractivity contribution is 0.298. The summed E-state index contributed by atoms with van der Waals surface area (Å²) in [5, 5.41) is 12.1. The molecule has 0 aliphatic carbocycles. The minimum absolute atomic E-state index is 0.479. The molecule has 4 nitrogen and oxygen atoms in total. The van der Waals surface area contributed by atoms with Crippen LogP contribution in [-0.4, -0.2) is 15.2 Å². The van der Waals surface area contributed by atoms with Crippen molar-refractivity contribution in [1.29, 1.82) is 0 Å². The molecule has 2 aromatic carbocycles. The monoisotopic (exact) mass is 237 g/mol. The van der Waals surface area contributed by atoms with Gasteiger partial charge in [0.1, 0.15) is 6.33 Å². The summed E-state index contributed by atoms with van der Waals surface area (Å²) in [6.07, 6.45) is 1.45. The molecule has 0 saturated heterocycles. The molecule has 18 heavy (non-hydrogen) atoms. The molecule has 0 unspecified atom stereocenters. The van der Waals surface area contributed by atoms with Crippen LogP contribution in [0.2, 0.25) is 0 Å². The van der Waals surface area contributed by atoms with Crippen LogP contribution in [0.3, 0.4) is 0 Å². The number of rotatable bonds is 2. The van der Waals surface area contributed by atoms with Crippen molar-refractivity contribution in [2.75, 3.05) is 5.06 Å². The SMILES string of the molecule is ON(c1ccccc1)c1ncnc2ccccc12. The Morgan fingerprint density at radius 1 is 0.833 bits per heavy atom. The van der Waals surface area contributed by atoms with E-state index in [0.29, 0.717) is 11.5 Å². The number of hydrogen-bond donors (Lipinski definition) is 1. The molecule has 0 aliphatic heterocycles. The molecule has 0 spiro atoms. The minimum atomic E-state index is 0.479. The third-order valence-electron chi connectivity index (χ3n) is 2.72. The average molecular weight is 237 g/mol. The van der Waals surface area contributed by atoms with Gasteiger partial charge in [-0.1, -0.05) is 30.3 Å². The minimum Gasteiger partial charge on any atom is -0.282 e. The molecule has 0 fully saturated rings. The van der Waals surface area contributed by atoms with E-state index in [1.54, 1.807) is 0 Å². The van der Waals surface area contributed by atoms with Gasteiger partial charge in [-0.2, -0.15) is 0 Å². The summed E-state index contributed by atoms with van der Waals surface area (Å²) in [6.45, 7) is 0. The molecule has 0 saturated carbocycles. The summed E-state index contributed by atoms with van der Waals surface area (Å²) in [4.78, 5) is 8.32. The first kappa shape index (κ1) is 10.7. The highest BCUT2D eigenvalue weighted by Crippen LogP contribution is 2.27. The van der Waals surface area contributed by atoms with Gasteiger partial charge in [-0.05, 0) is 24.3 Å². The topological polar surface area (TPSA) is 49.2 Å². The van der Waals surface area contributed by atoms with E-state index in [4.69, 9.17) is 0 Å². The van der Waals surface area contributed by atoms with Crippen molar-refractivity contribution in [3.63, 3.8) is 0 Å². The Kier molecular flexibility index (Phi) is 2.63. The second-order valence-electron chi connectivity index (χ2n) is 3.86. The molecule has 4 heteroatoms. The summed E-state index contributed by atoms with van der Waals surface area (Å²) in [7, 11) is 0. The first-order valence-electron chi connectivity index (χ1n) is 5.60. The number of benzene rings is 2. The summed E-state index contributed by atoms with van der Waals surface area (Å²) >= 11 is 0. The molecule has 0 amide bonds. The predicted molar refractivity (Wildman–Crippen MR) is 69.9 cm³/mol. The predicted octanol–water partition coefficient (Wildman–Crippen LogP) is 3.16. The zero-order chi connectivity index (χ0) is 12.4. The Morgan fingerprint density at radius 2 is 1.56 bits per heavy atom. The Balaban J connectivity index is 2.15. The zero-order valence-electron chi connectivity index (χ0n) is 9.56. The van der Waals surface area contributed by atoms with Crippen molar-refractivity contribution in [1.82, 2.24) is 9.97 Å². The number of anilines is 2. The highest BCUT2D eigenvalue weighted by Gasteiger charge is 2.11. The van der Waals surface area contributed by atoms with Gasteiger partial charge in [0.2, 0.25) is 0 Å². The van der Waals surface area contributed by atoms with Gasteiger partial charge in [-0.3, -0.25) is 5.21 Å². The van der Waals surface area contributed by atoms with E-state index in [9.17, 15) is 5.21 Å². The number of fused-ring (bicyclic) bond motifs is 1. The Labute approximate surface area is 104 Å². The van der Waals surface area contributed by atoms with Gasteiger partial charge in [0.15, 0.2) is 5.82 Å². The fourth-order valence-electron chi connectivity index (χ4n) is 1.85. The molecule has 0 bridgehead atoms. The molecule has 1 N–H and O–H groups in total. The van der Waals surface area contributed by atoms with Crippen LogP contribution in [0.5, 0.6) is 0 Å². The van der Waals surface area contributed by atoms with Gasteiger partial charge in [0.05, 0.1) is 11.2 Å². The van der Waals surface area contributed by atoms with Crippen LogP contribution >= 0.6 is 0 Å². The molecule has 3 rings (SSSR count). The van der Waals surface area contributed by atoms with E-state index < -0.39 is 0 Å². The Bertz CT molecular complexity index is 665. The van der Waals surface area contributed by atoms with E-state index in [0.717, 1.165) is 16.0 Å². The largest absolute Gasteiger partial charge is 0.282 e. The van der Waals surface area contributed by atoms with E-state index >= 15 is 0 Å². The summed E-state index contributed by atoms with van der Waals surface area (Å²) < 4.78 is 0. The molecule has 0 radical (unpaired) electrons. The van der Waals surface area contributed by atoms with Gasteiger partial charge >= 0.3 is 0 Å². The maximum Gasteiger partial charge on any atom is 0.168 e. The normalized spacial score (nSPS) is 10.5. The first-order valence-corrected chi connectivity index (χ1v) is 5.60. The molecular weight excluding hydrogens is 226 g/mol. The van der Waals surface area contributed by atoms with Crippen LogP contribution in [0.15, 0.2) is 60.9 Å². The van der Waals surface area contributed by atoms with Gasteiger partial charge in [0.25, 0.3) is 0 Å². The lowest BCUT2D eigenvalue weighted by Gasteiger charge is -2.16. The standard InChI is InChI=1S/C14H11N3O/c18-17(11-6-2-1-3-7-11)14-12-8-4-5-9-13(12)15-10-16-14/h1-10,18H. The third-order valence-corrected chi connectivity index (χ3v) is 2.72. The molecular formula is C14H11N3O. The van der Waals surface area contributed by atoms with Crippen molar-refractivity contribution >= 4 is 22.4 Å². The second-order valence-corrected chi connectivity index (χ2v) is 3.86. The van der Waals surface area contributed by atoms with Crippen LogP contribution in [0.1, 0.15) is 0 Å². The van der Waals surface area contributed by atoms with Crippen LogP contribution in [0.4, 0.5) is 11.5 Å². The van der Waals surface area contributed by atoms with Crippen molar-refractivity contribution < 1.29 is 5.21 Å². The summed E-state index contributed by atoms with van der Waals surface area (Å²) in [5.41, 5.74) is 1.47. The molecule has 0 aliphatic rings. The van der Waals surface area contributed by atoms with Crippen molar-refractivity contribution in [2.24, 2.45) is 0 Å². The number of nitrogens with zero attached hydrogens (tertiary/aromatic N) is 3. The lowest BCUT2D eigenvalue weighted by Crippen LogP contribution is -2.12. The number of para-hydroxylation sites is 2. The smallest absolute Gasteiger partial charge is 0.168 e. The fourth-order valence-corrected chi connectivity index (χ4v) is 1.85. The molecule has 88 valence electrons. The van der Waals surface area contributed by atoms with Gasteiger partial charge in [-0.25, -0.2) is 15.0 Å². The maximum atomic E-state index is 10.2. The van der Waals surface area contributed by atoms with Crippen LogP contribution in [-0.2, 0) is 0 Å². The Morgan fingerprint density at radius 3 is 2.39 bits per heavy atom. The quantitative estimate of drug-likeness (QED) is 0.695. The zero-order valence-corrected chi connectivity index (χ0v) is 9.56. The highest BCUT2D eigenvalue weighted by atomic mass is 16.5. The number of hydrogen-bond acceptors (Lipinski definition) is 4. The second kappa shape index (κ2) is 4.43. The van der Waals surface area contributed by atoms with Crippen molar-refractivity contribution in [3.05, 3.63) is 60.9 Å². The molecule has 1 aromatic heterocycles. The maximum absolute atomic E-state index is 10.2.